The Bertz CT molecular complexity index is 2060. The first kappa shape index (κ1) is 34.2. The number of carbonyl (C=O) groups excluding carboxylic acids is 3. The number of fused-ring (bicyclic) bond motifs is 8. The van der Waals surface area contributed by atoms with Crippen LogP contribution in [0.2, 0.25) is 0 Å². The van der Waals surface area contributed by atoms with Crippen LogP contribution in [0.1, 0.15) is 93.5 Å². The first-order valence-electron chi connectivity index (χ1n) is 18.5. The molecule has 11 nitrogen and oxygen atoms in total. The van der Waals surface area contributed by atoms with E-state index in [0.29, 0.717) is 25.6 Å². The van der Waals surface area contributed by atoms with E-state index in [2.05, 4.69) is 28.3 Å². The highest BCUT2D eigenvalue weighted by atomic mass is 32.2. The number of piperidine rings is 1. The van der Waals surface area contributed by atoms with Gasteiger partial charge < -0.3 is 19.1 Å². The van der Waals surface area contributed by atoms with E-state index < -0.39 is 21.5 Å². The minimum absolute atomic E-state index is 0. The Morgan fingerprint density at radius 2 is 1.76 bits per heavy atom. The molecule has 2 aromatic carbocycles. The molecule has 5 atom stereocenters. The number of rotatable bonds is 6. The SMILES string of the molecule is COc1ccc2c(c1)C1C(C)C1(C(=O)N1CC3CCCN(C(C)=O)C3C1)Cn1c-2c(C2CCCCC2)c2ccc(C(=O)NS(=O)(=O)N(C)C)cc21.[HH]. The predicted octanol–water partition coefficient (Wildman–Crippen LogP) is 5.35. The highest BCUT2D eigenvalue weighted by molar-refractivity contribution is 7.87. The minimum Gasteiger partial charge on any atom is -0.497 e. The summed E-state index contributed by atoms with van der Waals surface area (Å²) in [5.41, 5.74) is 4.91. The van der Waals surface area contributed by atoms with E-state index >= 15 is 4.79 Å². The molecule has 3 amide bonds. The zero-order chi connectivity index (χ0) is 36.0. The van der Waals surface area contributed by atoms with E-state index in [9.17, 15) is 18.0 Å². The number of amides is 3. The van der Waals surface area contributed by atoms with Gasteiger partial charge in [-0.05, 0) is 84.9 Å². The number of carbonyl (C=O) groups is 3. The van der Waals surface area contributed by atoms with Crippen LogP contribution in [-0.2, 0) is 26.3 Å². The van der Waals surface area contributed by atoms with Gasteiger partial charge in [0.25, 0.3) is 5.91 Å². The minimum atomic E-state index is -4.00. The standard InChI is InChI=1S/C39H49N5O6S.H2/c1-23-35-31-19-28(50-5)14-16-29(31)36-34(25-10-7-6-8-11-25)30-15-13-26(37(46)40-51(48,49)41(3)4)18-32(30)44(36)22-39(23,35)38(47)42-20-27-12-9-17-43(24(2)45)33(27)21-42;/h13-16,18-19,23,25,27,33,35H,6-12,17,20-22H2,1-5H3,(H,40,46);1H. The molecule has 8 rings (SSSR count). The lowest BCUT2D eigenvalue weighted by molar-refractivity contribution is -0.138. The van der Waals surface area contributed by atoms with E-state index in [1.54, 1.807) is 20.1 Å². The largest absolute Gasteiger partial charge is 0.497 e. The fourth-order valence-corrected chi connectivity index (χ4v) is 10.8. The summed E-state index contributed by atoms with van der Waals surface area (Å²) in [6, 6.07) is 11.8. The van der Waals surface area contributed by atoms with Gasteiger partial charge in [-0.15, -0.1) is 0 Å². The van der Waals surface area contributed by atoms with Crippen LogP contribution in [-0.4, -0.2) is 91.7 Å². The number of ether oxygens (including phenoxy) is 1. The van der Waals surface area contributed by atoms with Gasteiger partial charge in [-0.25, -0.2) is 4.72 Å². The number of nitrogens with one attached hydrogen (secondary N) is 1. The molecule has 2 saturated carbocycles. The lowest BCUT2D eigenvalue weighted by Gasteiger charge is -2.36. The Balaban J connectivity index is 0.00000420. The van der Waals surface area contributed by atoms with Crippen molar-refractivity contribution in [3.8, 4) is 17.0 Å². The molecule has 12 heteroatoms. The zero-order valence-corrected chi connectivity index (χ0v) is 31.1. The third-order valence-corrected chi connectivity index (χ3v) is 14.4. The Morgan fingerprint density at radius 3 is 2.47 bits per heavy atom. The highest BCUT2D eigenvalue weighted by Gasteiger charge is 2.70. The van der Waals surface area contributed by atoms with E-state index in [1.807, 2.05) is 28.0 Å². The summed E-state index contributed by atoms with van der Waals surface area (Å²) in [4.78, 5) is 45.3. The lowest BCUT2D eigenvalue weighted by atomic mass is 9.81. The summed E-state index contributed by atoms with van der Waals surface area (Å²) in [5.74, 6) is 0.859. The number of hydrogen-bond acceptors (Lipinski definition) is 6. The van der Waals surface area contributed by atoms with Crippen LogP contribution in [0.25, 0.3) is 22.2 Å². The van der Waals surface area contributed by atoms with E-state index in [-0.39, 0.29) is 42.6 Å². The molecule has 1 aromatic heterocycles. The van der Waals surface area contributed by atoms with Crippen LogP contribution < -0.4 is 9.46 Å². The molecular weight excluding hydrogens is 667 g/mol. The lowest BCUT2D eigenvalue weighted by Crippen LogP contribution is -2.48. The molecule has 3 aromatic rings. The number of benzene rings is 2. The highest BCUT2D eigenvalue weighted by Crippen LogP contribution is 2.70. The van der Waals surface area contributed by atoms with Gasteiger partial charge in [-0.2, -0.15) is 12.7 Å². The molecule has 3 aliphatic heterocycles. The Morgan fingerprint density at radius 1 is 1.00 bits per heavy atom. The van der Waals surface area contributed by atoms with Crippen molar-refractivity contribution in [3.05, 3.63) is 53.1 Å². The number of methoxy groups -OCH3 is 1. The van der Waals surface area contributed by atoms with E-state index in [1.165, 1.54) is 26.1 Å². The molecule has 274 valence electrons. The van der Waals surface area contributed by atoms with Crippen molar-refractivity contribution < 1.29 is 29.0 Å². The number of likely N-dealkylation sites (tertiary alicyclic amines) is 2. The monoisotopic (exact) mass is 717 g/mol. The summed E-state index contributed by atoms with van der Waals surface area (Å²) in [7, 11) is 0.436. The van der Waals surface area contributed by atoms with Gasteiger partial charge in [0.05, 0.1) is 24.3 Å². The number of hydrogen-bond donors (Lipinski definition) is 1. The van der Waals surface area contributed by atoms with Crippen LogP contribution in [0, 0.1) is 17.3 Å². The fourth-order valence-electron chi connectivity index (χ4n) is 10.3. The summed E-state index contributed by atoms with van der Waals surface area (Å²) >= 11 is 0. The first-order chi connectivity index (χ1) is 24.4. The molecule has 5 aliphatic rings. The molecule has 5 unspecified atom stereocenters. The quantitative estimate of drug-likeness (QED) is 0.367. The summed E-state index contributed by atoms with van der Waals surface area (Å²) < 4.78 is 36.5. The van der Waals surface area contributed by atoms with Crippen LogP contribution in [0.4, 0.5) is 0 Å². The van der Waals surface area contributed by atoms with Crippen molar-refractivity contribution in [2.75, 3.05) is 40.8 Å². The van der Waals surface area contributed by atoms with E-state index in [4.69, 9.17) is 4.74 Å². The van der Waals surface area contributed by atoms with Gasteiger partial charge in [-0.1, -0.05) is 32.3 Å². The second-order valence-electron chi connectivity index (χ2n) is 15.8. The normalized spacial score (nSPS) is 27.3. The maximum Gasteiger partial charge on any atom is 0.303 e. The van der Waals surface area contributed by atoms with Gasteiger partial charge >= 0.3 is 10.2 Å². The molecule has 2 saturated heterocycles. The summed E-state index contributed by atoms with van der Waals surface area (Å²) in [6.45, 7) is 6.19. The van der Waals surface area contributed by atoms with Gasteiger partial charge in [0.1, 0.15) is 5.75 Å². The number of aromatic nitrogens is 1. The van der Waals surface area contributed by atoms with Crippen molar-refractivity contribution in [1.29, 1.82) is 0 Å². The molecule has 4 heterocycles. The van der Waals surface area contributed by atoms with Crippen molar-refractivity contribution in [2.45, 2.75) is 83.2 Å². The van der Waals surface area contributed by atoms with Crippen LogP contribution in [0.15, 0.2) is 36.4 Å². The second kappa shape index (κ2) is 12.4. The Hall–Kier alpha value is -3.90. The molecule has 51 heavy (non-hydrogen) atoms. The first-order valence-corrected chi connectivity index (χ1v) is 20.0. The van der Waals surface area contributed by atoms with Crippen molar-refractivity contribution >= 4 is 38.8 Å². The second-order valence-corrected chi connectivity index (χ2v) is 17.7. The maximum absolute atomic E-state index is 15.2. The molecule has 0 radical (unpaired) electrons. The average Bonchev–Trinajstić information content (AvgIpc) is 3.36. The molecule has 1 N–H and O–H groups in total. The third kappa shape index (κ3) is 5.30. The maximum atomic E-state index is 15.2. The molecule has 0 spiro atoms. The Kier molecular flexibility index (Phi) is 8.29. The van der Waals surface area contributed by atoms with Gasteiger partial charge in [0, 0.05) is 76.6 Å². The van der Waals surface area contributed by atoms with E-state index in [0.717, 1.165) is 82.8 Å². The van der Waals surface area contributed by atoms with Crippen molar-refractivity contribution in [3.63, 3.8) is 0 Å². The van der Waals surface area contributed by atoms with Crippen LogP contribution in [0.3, 0.4) is 0 Å². The molecular formula is C39H51N5O6S. The number of nitrogens with zero attached hydrogens (tertiary/aromatic N) is 4. The van der Waals surface area contributed by atoms with Gasteiger partial charge in [-0.3, -0.25) is 14.4 Å². The van der Waals surface area contributed by atoms with Crippen LogP contribution in [0.5, 0.6) is 5.75 Å². The smallest absolute Gasteiger partial charge is 0.303 e. The zero-order valence-electron chi connectivity index (χ0n) is 30.3. The molecule has 2 aliphatic carbocycles. The van der Waals surface area contributed by atoms with Gasteiger partial charge in [0.15, 0.2) is 0 Å². The fraction of sp³-hybridized carbons (Fsp3) is 0.564. The topological polar surface area (TPSA) is 121 Å². The van der Waals surface area contributed by atoms with Crippen molar-refractivity contribution in [2.24, 2.45) is 17.3 Å². The molecule has 0 bridgehead atoms. The van der Waals surface area contributed by atoms with Gasteiger partial charge in [0.2, 0.25) is 11.8 Å². The summed E-state index contributed by atoms with van der Waals surface area (Å²) in [6.07, 6.45) is 7.59. The molecule has 4 fully saturated rings. The average molecular weight is 718 g/mol. The predicted molar refractivity (Wildman–Crippen MR) is 197 cm³/mol. The van der Waals surface area contributed by atoms with Crippen LogP contribution >= 0.6 is 0 Å². The Labute approximate surface area is 301 Å². The summed E-state index contributed by atoms with van der Waals surface area (Å²) in [5, 5.41) is 1.05. The van der Waals surface area contributed by atoms with Crippen molar-refractivity contribution in [1.82, 2.24) is 23.4 Å². The third-order valence-electron chi connectivity index (χ3n) is 13.0.